The molecule has 4 heteroatoms. The van der Waals surface area contributed by atoms with Gasteiger partial charge in [0.25, 0.3) is 0 Å². The minimum atomic E-state index is -0.594. The number of hydrogen-bond donors (Lipinski definition) is 2. The molecule has 1 rings (SSSR count). The Morgan fingerprint density at radius 1 is 1.54 bits per heavy atom. The van der Waals surface area contributed by atoms with Crippen molar-refractivity contribution in [3.05, 3.63) is 23.9 Å². The van der Waals surface area contributed by atoms with E-state index in [0.29, 0.717) is 5.82 Å². The lowest BCUT2D eigenvalue weighted by Crippen LogP contribution is -2.19. The third-order valence-corrected chi connectivity index (χ3v) is 1.17. The number of carbonyl (C=O) groups is 1. The van der Waals surface area contributed by atoms with Crippen LogP contribution in [-0.4, -0.2) is 11.0 Å². The maximum absolute atomic E-state index is 10.4. The fourth-order valence-electron chi connectivity index (χ4n) is 0.731. The summed E-state index contributed by atoms with van der Waals surface area (Å²) in [6.07, 6.45) is 1.61. The SMILES string of the molecule is CC.Cc1ccnc(NC(N)=O)c1. The lowest BCUT2D eigenvalue weighted by molar-refractivity contribution is 0.259. The Labute approximate surface area is 78.2 Å². The topological polar surface area (TPSA) is 68.0 Å². The number of nitrogens with zero attached hydrogens (tertiary/aromatic N) is 1. The number of hydrogen-bond acceptors (Lipinski definition) is 2. The van der Waals surface area contributed by atoms with Gasteiger partial charge in [-0.25, -0.2) is 9.78 Å². The summed E-state index contributed by atoms with van der Waals surface area (Å²) in [5, 5.41) is 2.37. The van der Waals surface area contributed by atoms with Crippen LogP contribution in [0.15, 0.2) is 18.3 Å². The van der Waals surface area contributed by atoms with Crippen molar-refractivity contribution < 1.29 is 4.79 Å². The first-order valence-corrected chi connectivity index (χ1v) is 4.17. The maximum atomic E-state index is 10.4. The van der Waals surface area contributed by atoms with Gasteiger partial charge in [-0.2, -0.15) is 0 Å². The number of amides is 2. The van der Waals surface area contributed by atoms with Crippen molar-refractivity contribution in [1.82, 2.24) is 4.98 Å². The summed E-state index contributed by atoms with van der Waals surface area (Å²) in [6.45, 7) is 5.91. The van der Waals surface area contributed by atoms with Crippen LogP contribution in [0.3, 0.4) is 0 Å². The van der Waals surface area contributed by atoms with Crippen molar-refractivity contribution in [2.24, 2.45) is 5.73 Å². The number of urea groups is 1. The molecule has 1 heterocycles. The number of nitrogens with one attached hydrogen (secondary N) is 1. The quantitative estimate of drug-likeness (QED) is 0.694. The van der Waals surface area contributed by atoms with Gasteiger partial charge in [0, 0.05) is 6.20 Å². The van der Waals surface area contributed by atoms with E-state index in [9.17, 15) is 4.79 Å². The van der Waals surface area contributed by atoms with Gasteiger partial charge in [-0.1, -0.05) is 13.8 Å². The normalized spacial score (nSPS) is 8.23. The summed E-state index contributed by atoms with van der Waals surface area (Å²) in [4.78, 5) is 14.2. The van der Waals surface area contributed by atoms with E-state index in [0.717, 1.165) is 5.56 Å². The molecule has 72 valence electrons. The van der Waals surface area contributed by atoms with E-state index in [2.05, 4.69) is 10.3 Å². The summed E-state index contributed by atoms with van der Waals surface area (Å²) in [5.74, 6) is 0.484. The summed E-state index contributed by atoms with van der Waals surface area (Å²) in [7, 11) is 0. The first-order chi connectivity index (χ1) is 6.18. The van der Waals surface area contributed by atoms with Crippen LogP contribution >= 0.6 is 0 Å². The fraction of sp³-hybridized carbons (Fsp3) is 0.333. The molecule has 0 aliphatic rings. The number of nitrogens with two attached hydrogens (primary N) is 1. The van der Waals surface area contributed by atoms with Crippen molar-refractivity contribution >= 4 is 11.8 Å². The molecule has 0 aliphatic heterocycles. The molecule has 3 N–H and O–H groups in total. The number of pyridine rings is 1. The molecule has 4 nitrogen and oxygen atoms in total. The summed E-state index contributed by atoms with van der Waals surface area (Å²) >= 11 is 0. The van der Waals surface area contributed by atoms with E-state index in [-0.39, 0.29) is 0 Å². The predicted molar refractivity (Wildman–Crippen MR) is 53.5 cm³/mol. The molecule has 0 aliphatic carbocycles. The van der Waals surface area contributed by atoms with E-state index in [1.165, 1.54) is 0 Å². The zero-order valence-electron chi connectivity index (χ0n) is 8.16. The van der Waals surface area contributed by atoms with Gasteiger partial charge in [0.1, 0.15) is 5.82 Å². The largest absolute Gasteiger partial charge is 0.351 e. The summed E-state index contributed by atoms with van der Waals surface area (Å²) < 4.78 is 0. The van der Waals surface area contributed by atoms with Gasteiger partial charge in [-0.05, 0) is 24.6 Å². The summed E-state index contributed by atoms with van der Waals surface area (Å²) in [5.41, 5.74) is 5.92. The van der Waals surface area contributed by atoms with E-state index in [1.54, 1.807) is 12.3 Å². The van der Waals surface area contributed by atoms with Crippen LogP contribution < -0.4 is 11.1 Å². The van der Waals surface area contributed by atoms with Gasteiger partial charge >= 0.3 is 6.03 Å². The molecule has 2 amide bonds. The van der Waals surface area contributed by atoms with Gasteiger partial charge < -0.3 is 5.73 Å². The van der Waals surface area contributed by atoms with E-state index >= 15 is 0 Å². The highest BCUT2D eigenvalue weighted by Gasteiger charge is 1.95. The molecule has 0 atom stereocenters. The molecule has 0 fully saturated rings. The average Bonchev–Trinajstić information content (AvgIpc) is 2.06. The number of carbonyl (C=O) groups excluding carboxylic acids is 1. The van der Waals surface area contributed by atoms with E-state index < -0.39 is 6.03 Å². The molecule has 0 spiro atoms. The number of primary amides is 1. The second kappa shape index (κ2) is 5.99. The van der Waals surface area contributed by atoms with Crippen LogP contribution in [0, 0.1) is 6.92 Å². The first kappa shape index (κ1) is 11.4. The predicted octanol–water partition coefficient (Wildman–Crippen LogP) is 1.91. The second-order valence-corrected chi connectivity index (χ2v) is 2.21. The molecule has 0 saturated heterocycles. The van der Waals surface area contributed by atoms with Gasteiger partial charge in [0.05, 0.1) is 0 Å². The Bertz CT molecular complexity index is 273. The molecule has 0 bridgehead atoms. The molecule has 0 aromatic carbocycles. The summed E-state index contributed by atoms with van der Waals surface area (Å²) in [6, 6.07) is 2.99. The molecule has 13 heavy (non-hydrogen) atoms. The first-order valence-electron chi connectivity index (χ1n) is 4.17. The van der Waals surface area contributed by atoms with Crippen molar-refractivity contribution in [3.63, 3.8) is 0 Å². The third-order valence-electron chi connectivity index (χ3n) is 1.17. The van der Waals surface area contributed by atoms with Crippen molar-refractivity contribution in [1.29, 1.82) is 0 Å². The van der Waals surface area contributed by atoms with Gasteiger partial charge in [-0.15, -0.1) is 0 Å². The molecule has 0 saturated carbocycles. The maximum Gasteiger partial charge on any atom is 0.317 e. The number of aryl methyl sites for hydroxylation is 1. The monoisotopic (exact) mass is 181 g/mol. The van der Waals surface area contributed by atoms with Gasteiger partial charge in [0.15, 0.2) is 0 Å². The van der Waals surface area contributed by atoms with Crippen LogP contribution in [0.2, 0.25) is 0 Å². The Kier molecular flexibility index (Phi) is 5.27. The van der Waals surface area contributed by atoms with Crippen LogP contribution in [0.4, 0.5) is 10.6 Å². The number of rotatable bonds is 1. The van der Waals surface area contributed by atoms with Crippen LogP contribution in [0.5, 0.6) is 0 Å². The molecular weight excluding hydrogens is 166 g/mol. The van der Waals surface area contributed by atoms with Crippen LogP contribution in [-0.2, 0) is 0 Å². The molecule has 0 unspecified atom stereocenters. The Morgan fingerprint density at radius 2 is 2.15 bits per heavy atom. The highest BCUT2D eigenvalue weighted by Crippen LogP contribution is 2.03. The third kappa shape index (κ3) is 4.79. The zero-order valence-corrected chi connectivity index (χ0v) is 8.16. The van der Waals surface area contributed by atoms with Crippen LogP contribution in [0.1, 0.15) is 19.4 Å². The average molecular weight is 181 g/mol. The van der Waals surface area contributed by atoms with Crippen molar-refractivity contribution in [2.45, 2.75) is 20.8 Å². The van der Waals surface area contributed by atoms with E-state index in [1.807, 2.05) is 26.8 Å². The van der Waals surface area contributed by atoms with Crippen molar-refractivity contribution in [2.75, 3.05) is 5.32 Å². The van der Waals surface area contributed by atoms with Crippen LogP contribution in [0.25, 0.3) is 0 Å². The molecule has 1 aromatic rings. The van der Waals surface area contributed by atoms with Crippen molar-refractivity contribution in [3.8, 4) is 0 Å². The molecular formula is C9H15N3O. The highest BCUT2D eigenvalue weighted by molar-refractivity contribution is 5.86. The number of anilines is 1. The Balaban J connectivity index is 0.000000671. The molecule has 1 aromatic heterocycles. The van der Waals surface area contributed by atoms with Gasteiger partial charge in [0.2, 0.25) is 0 Å². The van der Waals surface area contributed by atoms with E-state index in [4.69, 9.17) is 5.73 Å². The van der Waals surface area contributed by atoms with Gasteiger partial charge in [-0.3, -0.25) is 5.32 Å². The second-order valence-electron chi connectivity index (χ2n) is 2.21. The standard InChI is InChI=1S/C7H9N3O.C2H6/c1-5-2-3-9-6(4-5)10-7(8)11;1-2/h2-4H,1H3,(H3,8,9,10,11);1-2H3. The Hall–Kier alpha value is -1.58. The fourth-order valence-corrected chi connectivity index (χ4v) is 0.731. The zero-order chi connectivity index (χ0) is 10.3. The lowest BCUT2D eigenvalue weighted by atomic mass is 10.3. The minimum Gasteiger partial charge on any atom is -0.351 e. The smallest absolute Gasteiger partial charge is 0.317 e. The minimum absolute atomic E-state index is 0.484. The highest BCUT2D eigenvalue weighted by atomic mass is 16.2. The number of aromatic nitrogens is 1. The Morgan fingerprint density at radius 3 is 2.62 bits per heavy atom. The molecule has 0 radical (unpaired) electrons. The lowest BCUT2D eigenvalue weighted by Gasteiger charge is -1.99.